The molecule has 0 fully saturated rings. The number of carbonyl (C=O) groups is 1. The van der Waals surface area contributed by atoms with E-state index in [9.17, 15) is 9.90 Å². The van der Waals surface area contributed by atoms with Gasteiger partial charge in [-0.2, -0.15) is 0 Å². The SMILES string of the molecule is COCCOCCCOC(=O)C(C)(O)CN. The first-order chi connectivity index (χ1) is 7.54. The lowest BCUT2D eigenvalue weighted by molar-refractivity contribution is -0.163. The molecule has 0 heterocycles. The second-order valence-corrected chi connectivity index (χ2v) is 3.57. The van der Waals surface area contributed by atoms with Crippen LogP contribution in [0.15, 0.2) is 0 Å². The molecule has 0 radical (unpaired) electrons. The summed E-state index contributed by atoms with van der Waals surface area (Å²) in [5.41, 5.74) is 3.60. The maximum absolute atomic E-state index is 11.2. The van der Waals surface area contributed by atoms with Crippen LogP contribution in [0, 0.1) is 0 Å². The van der Waals surface area contributed by atoms with Crippen molar-refractivity contribution >= 4 is 5.97 Å². The highest BCUT2D eigenvalue weighted by Gasteiger charge is 2.29. The Morgan fingerprint density at radius 1 is 1.31 bits per heavy atom. The monoisotopic (exact) mass is 235 g/mol. The number of hydrogen-bond donors (Lipinski definition) is 2. The van der Waals surface area contributed by atoms with E-state index in [1.54, 1.807) is 7.11 Å². The van der Waals surface area contributed by atoms with E-state index in [0.717, 1.165) is 0 Å². The Bertz CT molecular complexity index is 196. The van der Waals surface area contributed by atoms with Crippen LogP contribution in [-0.4, -0.2) is 56.8 Å². The lowest BCUT2D eigenvalue weighted by Crippen LogP contribution is -2.44. The lowest BCUT2D eigenvalue weighted by atomic mass is 10.1. The topological polar surface area (TPSA) is 91.0 Å². The van der Waals surface area contributed by atoms with Gasteiger partial charge in [0.25, 0.3) is 0 Å². The van der Waals surface area contributed by atoms with Gasteiger partial charge in [-0.3, -0.25) is 0 Å². The van der Waals surface area contributed by atoms with Gasteiger partial charge in [0.05, 0.1) is 19.8 Å². The van der Waals surface area contributed by atoms with Gasteiger partial charge in [0.2, 0.25) is 0 Å². The molecule has 0 bridgehead atoms. The maximum atomic E-state index is 11.2. The van der Waals surface area contributed by atoms with Gasteiger partial charge in [0, 0.05) is 26.7 Å². The number of hydrogen-bond acceptors (Lipinski definition) is 6. The van der Waals surface area contributed by atoms with E-state index in [2.05, 4.69) is 0 Å². The van der Waals surface area contributed by atoms with Crippen molar-refractivity contribution in [1.82, 2.24) is 0 Å². The van der Waals surface area contributed by atoms with Crippen LogP contribution in [0.25, 0.3) is 0 Å². The summed E-state index contributed by atoms with van der Waals surface area (Å²) in [5, 5.41) is 9.42. The molecule has 16 heavy (non-hydrogen) atoms. The van der Waals surface area contributed by atoms with Crippen LogP contribution < -0.4 is 5.73 Å². The van der Waals surface area contributed by atoms with Gasteiger partial charge in [-0.1, -0.05) is 0 Å². The summed E-state index contributed by atoms with van der Waals surface area (Å²) in [7, 11) is 1.60. The smallest absolute Gasteiger partial charge is 0.339 e. The average Bonchev–Trinajstić information content (AvgIpc) is 2.27. The van der Waals surface area contributed by atoms with Gasteiger partial charge in [-0.05, 0) is 6.92 Å². The Labute approximate surface area is 95.7 Å². The highest BCUT2D eigenvalue weighted by Crippen LogP contribution is 2.03. The van der Waals surface area contributed by atoms with Crippen LogP contribution in [0.3, 0.4) is 0 Å². The van der Waals surface area contributed by atoms with Crippen molar-refractivity contribution in [2.45, 2.75) is 18.9 Å². The van der Waals surface area contributed by atoms with Gasteiger partial charge >= 0.3 is 5.97 Å². The molecule has 0 aliphatic heterocycles. The second kappa shape index (κ2) is 8.46. The molecule has 0 saturated carbocycles. The van der Waals surface area contributed by atoms with Crippen LogP contribution in [0.5, 0.6) is 0 Å². The summed E-state index contributed by atoms with van der Waals surface area (Å²) in [6.07, 6.45) is 0.579. The summed E-state index contributed by atoms with van der Waals surface area (Å²) in [6.45, 7) is 2.93. The van der Waals surface area contributed by atoms with Crippen LogP contribution in [0.1, 0.15) is 13.3 Å². The first kappa shape index (κ1) is 15.3. The molecule has 0 aromatic rings. The highest BCUT2D eigenvalue weighted by atomic mass is 16.6. The molecule has 0 spiro atoms. The van der Waals surface area contributed by atoms with Crippen molar-refractivity contribution in [3.63, 3.8) is 0 Å². The third-order valence-corrected chi connectivity index (χ3v) is 1.94. The Balaban J connectivity index is 3.42. The van der Waals surface area contributed by atoms with Crippen molar-refractivity contribution in [3.05, 3.63) is 0 Å². The third-order valence-electron chi connectivity index (χ3n) is 1.94. The van der Waals surface area contributed by atoms with Crippen LogP contribution in [0.2, 0.25) is 0 Å². The molecule has 96 valence electrons. The van der Waals surface area contributed by atoms with E-state index >= 15 is 0 Å². The zero-order valence-electron chi connectivity index (χ0n) is 9.90. The molecule has 0 aliphatic rings. The molecule has 1 unspecified atom stereocenters. The van der Waals surface area contributed by atoms with Crippen molar-refractivity contribution in [1.29, 1.82) is 0 Å². The van der Waals surface area contributed by atoms with Crippen LogP contribution in [-0.2, 0) is 19.0 Å². The Kier molecular flexibility index (Phi) is 8.10. The number of nitrogens with two attached hydrogens (primary N) is 1. The van der Waals surface area contributed by atoms with Crippen LogP contribution >= 0.6 is 0 Å². The fraction of sp³-hybridized carbons (Fsp3) is 0.900. The fourth-order valence-electron chi connectivity index (χ4n) is 0.809. The molecule has 1 atom stereocenters. The molecule has 0 aromatic heterocycles. The number of esters is 1. The minimum absolute atomic E-state index is 0.157. The fourth-order valence-corrected chi connectivity index (χ4v) is 0.809. The number of rotatable bonds is 9. The van der Waals surface area contributed by atoms with E-state index in [1.165, 1.54) is 6.92 Å². The first-order valence-corrected chi connectivity index (χ1v) is 5.21. The Morgan fingerprint density at radius 2 is 2.00 bits per heavy atom. The maximum Gasteiger partial charge on any atom is 0.339 e. The van der Waals surface area contributed by atoms with Crippen molar-refractivity contribution in [2.75, 3.05) is 40.1 Å². The normalized spacial score (nSPS) is 14.5. The molecule has 0 saturated heterocycles. The van der Waals surface area contributed by atoms with E-state index < -0.39 is 11.6 Å². The van der Waals surface area contributed by atoms with Gasteiger partial charge in [0.15, 0.2) is 5.60 Å². The molecule has 0 rings (SSSR count). The zero-order valence-corrected chi connectivity index (χ0v) is 9.90. The van der Waals surface area contributed by atoms with Crippen molar-refractivity contribution in [3.8, 4) is 0 Å². The number of carbonyl (C=O) groups excluding carboxylic acids is 1. The summed E-state index contributed by atoms with van der Waals surface area (Å²) in [6, 6.07) is 0. The number of ether oxygens (including phenoxy) is 3. The molecule has 3 N–H and O–H groups in total. The predicted molar refractivity (Wildman–Crippen MR) is 57.9 cm³/mol. The molecule has 0 amide bonds. The summed E-state index contributed by atoms with van der Waals surface area (Å²) in [5.74, 6) is -0.702. The number of aliphatic hydroxyl groups is 1. The van der Waals surface area contributed by atoms with Crippen LogP contribution in [0.4, 0.5) is 0 Å². The molecule has 0 aliphatic carbocycles. The molecular formula is C10H21NO5. The van der Waals surface area contributed by atoms with Gasteiger partial charge in [-0.25, -0.2) is 4.79 Å². The number of methoxy groups -OCH3 is 1. The Hall–Kier alpha value is -0.690. The van der Waals surface area contributed by atoms with E-state index in [1.807, 2.05) is 0 Å². The molecular weight excluding hydrogens is 214 g/mol. The zero-order chi connectivity index (χ0) is 12.4. The quantitative estimate of drug-likeness (QED) is 0.405. The highest BCUT2D eigenvalue weighted by molar-refractivity contribution is 5.78. The minimum atomic E-state index is -1.60. The van der Waals surface area contributed by atoms with Gasteiger partial charge in [0.1, 0.15) is 0 Å². The van der Waals surface area contributed by atoms with E-state index in [0.29, 0.717) is 26.2 Å². The van der Waals surface area contributed by atoms with Gasteiger partial charge < -0.3 is 25.1 Å². The Morgan fingerprint density at radius 3 is 2.56 bits per heavy atom. The molecule has 6 heteroatoms. The lowest BCUT2D eigenvalue weighted by Gasteiger charge is -2.18. The van der Waals surface area contributed by atoms with Crippen molar-refractivity contribution in [2.24, 2.45) is 5.73 Å². The average molecular weight is 235 g/mol. The predicted octanol–water partition coefficient (Wildman–Crippen LogP) is -0.708. The largest absolute Gasteiger partial charge is 0.463 e. The third kappa shape index (κ3) is 6.73. The van der Waals surface area contributed by atoms with E-state index in [4.69, 9.17) is 19.9 Å². The van der Waals surface area contributed by atoms with Gasteiger partial charge in [-0.15, -0.1) is 0 Å². The minimum Gasteiger partial charge on any atom is -0.463 e. The summed E-state index contributed by atoms with van der Waals surface area (Å²) >= 11 is 0. The standard InChI is InChI=1S/C10H21NO5/c1-10(13,8-11)9(12)16-5-3-4-15-7-6-14-2/h13H,3-8,11H2,1-2H3. The summed E-state index contributed by atoms with van der Waals surface area (Å²) < 4.78 is 14.8. The van der Waals surface area contributed by atoms with E-state index in [-0.39, 0.29) is 13.2 Å². The first-order valence-electron chi connectivity index (χ1n) is 5.21. The van der Waals surface area contributed by atoms with Crippen molar-refractivity contribution < 1.29 is 24.1 Å². The molecule has 6 nitrogen and oxygen atoms in total. The second-order valence-electron chi connectivity index (χ2n) is 3.57. The molecule has 0 aromatic carbocycles. The summed E-state index contributed by atoms with van der Waals surface area (Å²) in [4.78, 5) is 11.2.